The third kappa shape index (κ3) is 9.08. The fourth-order valence-electron chi connectivity index (χ4n) is 0. The van der Waals surface area contributed by atoms with Crippen molar-refractivity contribution in [2.24, 2.45) is 0 Å². The van der Waals surface area contributed by atoms with E-state index in [9.17, 15) is 0 Å². The molecule has 1 radical (unpaired) electrons. The van der Waals surface area contributed by atoms with Gasteiger partial charge in [-0.2, -0.15) is 0 Å². The summed E-state index contributed by atoms with van der Waals surface area (Å²) in [6.45, 7) is 0. The van der Waals surface area contributed by atoms with Gasteiger partial charge in [-0.1, -0.05) is 0 Å². The Balaban J connectivity index is 0. The van der Waals surface area contributed by atoms with Crippen LogP contribution in [0, 0.1) is 0 Å². The van der Waals surface area contributed by atoms with E-state index in [0.29, 0.717) is 0 Å². The van der Waals surface area contributed by atoms with E-state index in [2.05, 4.69) is 0 Å². The minimum absolute atomic E-state index is 0. The van der Waals surface area contributed by atoms with Gasteiger partial charge in [-0.15, -0.1) is 0 Å². The molecule has 0 aromatic rings. The van der Waals surface area contributed by atoms with E-state index >= 15 is 0 Å². The van der Waals surface area contributed by atoms with Crippen LogP contribution in [0.25, 0.3) is 0 Å². The molecule has 0 unspecified atom stereocenters. The van der Waals surface area contributed by atoms with Crippen LogP contribution in [0.5, 0.6) is 0 Å². The van der Waals surface area contributed by atoms with Gasteiger partial charge in [0.1, 0.15) is 0 Å². The molecule has 4 heteroatoms. The van der Waals surface area contributed by atoms with Crippen molar-refractivity contribution in [3.63, 3.8) is 0 Å². The Morgan fingerprint density at radius 3 is 0.750 bits per heavy atom. The summed E-state index contributed by atoms with van der Waals surface area (Å²) >= 11 is 0. The quantitative estimate of drug-likeness (QED) is 0.402. The van der Waals surface area contributed by atoms with E-state index in [0.717, 1.165) is 0 Å². The second-order valence-electron chi connectivity index (χ2n) is 0. The molecule has 4 heavy (non-hydrogen) atoms. The molecule has 0 amide bonds. The molecule has 0 rings (SSSR count). The van der Waals surface area contributed by atoms with Crippen LogP contribution in [0.15, 0.2) is 0 Å². The van der Waals surface area contributed by atoms with E-state index in [-0.39, 0.29) is 54.2 Å². The molecule has 0 saturated heterocycles. The van der Waals surface area contributed by atoms with Crippen LogP contribution in [0.4, 0.5) is 0 Å². The first kappa shape index (κ1) is 39.1. The van der Waals surface area contributed by atoms with Crippen molar-refractivity contribution in [1.82, 2.24) is 0 Å². The Morgan fingerprint density at radius 2 is 0.750 bits per heavy atom. The van der Waals surface area contributed by atoms with Crippen LogP contribution in [0.3, 0.4) is 0 Å². The third-order valence-corrected chi connectivity index (χ3v) is 0. The van der Waals surface area contributed by atoms with E-state index in [4.69, 9.17) is 0 Å². The minimum Gasteiger partial charge on any atom is -3.00 e. The van der Waals surface area contributed by atoms with Crippen molar-refractivity contribution < 1.29 is 16.8 Å². The summed E-state index contributed by atoms with van der Waals surface area (Å²) in [5.74, 6) is 0. The molecule has 0 aliphatic carbocycles. The molecule has 0 nitrogen and oxygen atoms in total. The summed E-state index contributed by atoms with van der Waals surface area (Å²) in [7, 11) is 0. The van der Waals surface area contributed by atoms with E-state index in [1.807, 2.05) is 0 Å². The predicted octanol–water partition coefficient (Wildman–Crippen LogP) is 1.34. The summed E-state index contributed by atoms with van der Waals surface area (Å²) in [6, 6.07) is 0. The Labute approximate surface area is 54.3 Å². The number of rotatable bonds is 0. The topological polar surface area (TPSA) is 0 Å². The summed E-state index contributed by atoms with van der Waals surface area (Å²) in [6.07, 6.45) is 0. The first-order valence-electron chi connectivity index (χ1n) is 0. The summed E-state index contributed by atoms with van der Waals surface area (Å²) in [5.41, 5.74) is 0. The predicted molar refractivity (Wildman–Crippen MR) is 19.6 cm³/mol. The van der Waals surface area contributed by atoms with E-state index < -0.39 is 0 Å². The zero-order valence-electron chi connectivity index (χ0n) is 1.73. The van der Waals surface area contributed by atoms with Crippen molar-refractivity contribution in [2.45, 2.75) is 0 Å². The minimum atomic E-state index is 0. The monoisotopic (exact) mass is 195 g/mol. The molecular formula is CoGeP2. The largest absolute Gasteiger partial charge is 4.00 e. The Morgan fingerprint density at radius 1 is 0.750 bits per heavy atom. The molecule has 0 heterocycles. The summed E-state index contributed by atoms with van der Waals surface area (Å²) in [4.78, 5) is 0. The van der Waals surface area contributed by atoms with Crippen molar-refractivity contribution in [3.05, 3.63) is 0 Å². The van der Waals surface area contributed by atoms with Gasteiger partial charge < -0.3 is 19.8 Å². The maximum atomic E-state index is 0. The van der Waals surface area contributed by atoms with Crippen molar-refractivity contribution in [3.8, 4) is 0 Å². The first-order chi connectivity index (χ1) is 0. The molecule has 0 aromatic heterocycles. The standard InChI is InChI=1S/Co.Ge.2P/q+2;+4;2*-3. The van der Waals surface area contributed by atoms with Crippen molar-refractivity contribution in [2.75, 3.05) is 0 Å². The van der Waals surface area contributed by atoms with Crippen LogP contribution in [-0.2, 0) is 16.8 Å². The van der Waals surface area contributed by atoms with Crippen LogP contribution in [0.2, 0.25) is 0 Å². The molecule has 0 bridgehead atoms. The van der Waals surface area contributed by atoms with Gasteiger partial charge in [0.25, 0.3) is 0 Å². The Hall–Kier alpha value is 1.91. The number of hydrogen-bond acceptors (Lipinski definition) is 0. The van der Waals surface area contributed by atoms with Gasteiger partial charge >= 0.3 is 34.4 Å². The van der Waals surface area contributed by atoms with Gasteiger partial charge in [-0.3, -0.25) is 0 Å². The molecule has 0 fully saturated rings. The second-order valence-corrected chi connectivity index (χ2v) is 0. The fourth-order valence-corrected chi connectivity index (χ4v) is 0. The van der Waals surface area contributed by atoms with Gasteiger partial charge in [-0.25, -0.2) is 0 Å². The zero-order chi connectivity index (χ0) is 0. The molecule has 0 atom stereocenters. The molecule has 0 aliphatic heterocycles. The smallest absolute Gasteiger partial charge is 3.00 e. The van der Waals surface area contributed by atoms with Crippen LogP contribution in [-0.4, -0.2) is 17.6 Å². The average Bonchev–Trinajstić information content (AvgIpc) is 0. The van der Waals surface area contributed by atoms with Gasteiger partial charge in [-0.05, 0) is 0 Å². The molecule has 0 N–H and O–H groups in total. The molecule has 0 aliphatic rings. The van der Waals surface area contributed by atoms with Gasteiger partial charge in [0.15, 0.2) is 0 Å². The maximum absolute atomic E-state index is 0. The maximum Gasteiger partial charge on any atom is 4.00 e. The Kier molecular flexibility index (Phi) is 201. The SMILES string of the molecule is [Co+2].[Ge+4].[P-3].[P-3]. The fraction of sp³-hybridized carbons (Fsp3) is 0. The average molecular weight is 193 g/mol. The Bertz CT molecular complexity index is 6.00. The summed E-state index contributed by atoms with van der Waals surface area (Å²) < 4.78 is 0. The van der Waals surface area contributed by atoms with Crippen LogP contribution >= 0.6 is 19.8 Å². The van der Waals surface area contributed by atoms with Gasteiger partial charge in [0.2, 0.25) is 0 Å². The molecule has 23 valence electrons. The van der Waals surface area contributed by atoms with Crippen LogP contribution in [0.1, 0.15) is 0 Å². The molecule has 0 spiro atoms. The third-order valence-electron chi connectivity index (χ3n) is 0. The van der Waals surface area contributed by atoms with Gasteiger partial charge in [0.05, 0.1) is 0 Å². The van der Waals surface area contributed by atoms with E-state index in [1.165, 1.54) is 0 Å². The van der Waals surface area contributed by atoms with Crippen LogP contribution < -0.4 is 0 Å². The summed E-state index contributed by atoms with van der Waals surface area (Å²) in [5, 5.41) is 0. The molecule has 0 saturated carbocycles. The first-order valence-corrected chi connectivity index (χ1v) is 0. The molecule has 0 aromatic carbocycles. The number of hydrogen-bond donors (Lipinski definition) is 0. The normalized spacial score (nSPS) is 0. The second kappa shape index (κ2) is 20.6. The van der Waals surface area contributed by atoms with Crippen molar-refractivity contribution in [1.29, 1.82) is 0 Å². The van der Waals surface area contributed by atoms with Crippen molar-refractivity contribution >= 4 is 37.4 Å². The van der Waals surface area contributed by atoms with Gasteiger partial charge in [0, 0.05) is 0 Å². The zero-order valence-corrected chi connectivity index (χ0v) is 6.66. The van der Waals surface area contributed by atoms with E-state index in [1.54, 1.807) is 0 Å². The molecular weight excluding hydrogens is 193 g/mol.